The molecule has 0 aliphatic rings. The van der Waals surface area contributed by atoms with Crippen LogP contribution in [0.4, 0.5) is 0 Å². The second kappa shape index (κ2) is 183. The molecule has 0 rings (SSSR count). The number of rotatable bonds is 0. The van der Waals surface area contributed by atoms with E-state index >= 15 is 0 Å². The number of carbonyl (C=O) groups is 5. The van der Waals surface area contributed by atoms with E-state index in [1.54, 1.807) is 26.0 Å². The van der Waals surface area contributed by atoms with E-state index in [1.807, 2.05) is 95.6 Å². The van der Waals surface area contributed by atoms with Crippen molar-refractivity contribution in [2.75, 3.05) is 41.0 Å². The fourth-order valence-corrected chi connectivity index (χ4v) is 0. The summed E-state index contributed by atoms with van der Waals surface area (Å²) in [6.07, 6.45) is 4.08. The summed E-state index contributed by atoms with van der Waals surface area (Å²) in [7, 11) is 5.95. The Morgan fingerprint density at radius 2 is 0.442 bits per heavy atom. The van der Waals surface area contributed by atoms with Crippen LogP contribution in [0.5, 0.6) is 0 Å². The van der Waals surface area contributed by atoms with Gasteiger partial charge in [-0.2, -0.15) is 11.8 Å². The third-order valence-corrected chi connectivity index (χ3v) is 0.575. The van der Waals surface area contributed by atoms with Crippen molar-refractivity contribution in [2.45, 2.75) is 150 Å². The van der Waals surface area contributed by atoms with Gasteiger partial charge >= 0.3 is 38.5 Å². The SMILES string of the molecule is CC.CC.CC.CC.CC.CC.CC(C)=O.CC(C)=O.CC(C)=O.COC.COC(C)=O.COC(C)=O.CSC.C[Se]C. The topological polar surface area (TPSA) is 113 Å². The average molecular weight is 720 g/mol. The number of ether oxygens (including phenoxy) is 3. The van der Waals surface area contributed by atoms with Gasteiger partial charge in [0.05, 0.1) is 14.2 Å². The van der Waals surface area contributed by atoms with E-state index in [4.69, 9.17) is 0 Å². The van der Waals surface area contributed by atoms with Gasteiger partial charge < -0.3 is 28.6 Å². The van der Waals surface area contributed by atoms with Gasteiger partial charge in [-0.25, -0.2) is 0 Å². The van der Waals surface area contributed by atoms with Crippen molar-refractivity contribution in [1.29, 1.82) is 0 Å². The van der Waals surface area contributed by atoms with Gasteiger partial charge in [-0.05, 0) is 54.1 Å². The van der Waals surface area contributed by atoms with Crippen LogP contribution < -0.4 is 0 Å². The fourth-order valence-electron chi connectivity index (χ4n) is 0. The summed E-state index contributed by atoms with van der Waals surface area (Å²) in [4.78, 5) is 47.5. The molecule has 8 nitrogen and oxygen atoms in total. The van der Waals surface area contributed by atoms with Crippen LogP contribution in [-0.2, 0) is 38.2 Å². The minimum absolute atomic E-state index is 0.167. The molecule has 0 amide bonds. The molecule has 43 heavy (non-hydrogen) atoms. The molecule has 0 aromatic carbocycles. The molecular weight excluding hydrogens is 635 g/mol. The van der Waals surface area contributed by atoms with Crippen molar-refractivity contribution >= 4 is 56.0 Å². The first-order valence-corrected chi connectivity index (χ1v) is 19.8. The number of esters is 2. The molecule has 0 saturated heterocycles. The van der Waals surface area contributed by atoms with Gasteiger partial charge in [0, 0.05) is 28.1 Å². The molecule has 10 heteroatoms. The first-order valence-electron chi connectivity index (χ1n) is 14.7. The number of methoxy groups -OCH3 is 3. The molecule has 0 radical (unpaired) electrons. The first-order chi connectivity index (χ1) is 20.0. The summed E-state index contributed by atoms with van der Waals surface area (Å²) in [6.45, 7) is 35.9. The molecule has 0 aliphatic carbocycles. The van der Waals surface area contributed by atoms with Crippen LogP contribution in [0.25, 0.3) is 0 Å². The third-order valence-electron chi connectivity index (χ3n) is 0.575. The molecule has 276 valence electrons. The van der Waals surface area contributed by atoms with Crippen LogP contribution in [0.3, 0.4) is 0 Å². The summed E-state index contributed by atoms with van der Waals surface area (Å²) in [5.41, 5.74) is 0. The predicted octanol–water partition coefficient (Wildman–Crippen LogP) is 10.3. The Hall–Kier alpha value is -1.22. The summed E-state index contributed by atoms with van der Waals surface area (Å²) in [5.74, 6) is 4.38. The van der Waals surface area contributed by atoms with E-state index in [2.05, 4.69) is 25.9 Å². The van der Waals surface area contributed by atoms with Crippen molar-refractivity contribution < 1.29 is 38.2 Å². The molecule has 0 bridgehead atoms. The van der Waals surface area contributed by atoms with Crippen molar-refractivity contribution in [3.63, 3.8) is 0 Å². The molecule has 0 saturated carbocycles. The average Bonchev–Trinajstić information content (AvgIpc) is 2.96. The molecule has 0 aliphatic heterocycles. The Labute approximate surface area is 284 Å². The summed E-state index contributed by atoms with van der Waals surface area (Å²) < 4.78 is 12.5. The van der Waals surface area contributed by atoms with Crippen LogP contribution in [0.1, 0.15) is 138 Å². The first kappa shape index (κ1) is 90.0. The Kier molecular flexibility index (Phi) is 383. The molecule has 0 unspecified atom stereocenters. The van der Waals surface area contributed by atoms with Crippen LogP contribution in [0.15, 0.2) is 0 Å². The zero-order valence-electron chi connectivity index (χ0n) is 34.6. The van der Waals surface area contributed by atoms with Gasteiger partial charge in [0.25, 0.3) is 0 Å². The Morgan fingerprint density at radius 1 is 0.419 bits per heavy atom. The summed E-state index contributed by atoms with van der Waals surface area (Å²) in [6, 6.07) is 0. The van der Waals surface area contributed by atoms with Gasteiger partial charge in [-0.1, -0.05) is 83.1 Å². The molecule has 0 spiro atoms. The second-order valence-electron chi connectivity index (χ2n) is 5.34. The zero-order chi connectivity index (χ0) is 39.4. The molecular formula is C33H84O8SSe. The van der Waals surface area contributed by atoms with Crippen molar-refractivity contribution in [3.8, 4) is 0 Å². The summed E-state index contributed by atoms with van der Waals surface area (Å²) in [5, 5.41) is 0. The molecule has 0 N–H and O–H groups in total. The van der Waals surface area contributed by atoms with Crippen LogP contribution in [-0.4, -0.2) is 85.2 Å². The van der Waals surface area contributed by atoms with E-state index in [9.17, 15) is 24.0 Å². The van der Waals surface area contributed by atoms with Gasteiger partial charge in [0.2, 0.25) is 0 Å². The van der Waals surface area contributed by atoms with Gasteiger partial charge in [0.15, 0.2) is 0 Å². The van der Waals surface area contributed by atoms with Gasteiger partial charge in [-0.15, -0.1) is 0 Å². The predicted molar refractivity (Wildman–Crippen MR) is 202 cm³/mol. The fraction of sp³-hybridized carbons (Fsp3) is 0.848. The van der Waals surface area contributed by atoms with Crippen LogP contribution in [0, 0.1) is 0 Å². The van der Waals surface area contributed by atoms with Crippen LogP contribution >= 0.6 is 11.8 Å². The normalized spacial score (nSPS) is 5.49. The number of Topliss-reactive ketones (excluding diaryl/α,β-unsaturated/α-hetero) is 3. The molecule has 0 aromatic rings. The van der Waals surface area contributed by atoms with Gasteiger partial charge in [0.1, 0.15) is 17.3 Å². The Bertz CT molecular complexity index is 323. The number of hydrogen-bond donors (Lipinski definition) is 0. The van der Waals surface area contributed by atoms with E-state index in [0.717, 1.165) is 15.0 Å². The number of carbonyl (C=O) groups excluding carboxylic acids is 5. The Balaban J connectivity index is -0.0000000178. The van der Waals surface area contributed by atoms with E-state index < -0.39 is 0 Å². The minimum atomic E-state index is -0.245. The van der Waals surface area contributed by atoms with Crippen molar-refractivity contribution in [3.05, 3.63) is 0 Å². The third kappa shape index (κ3) is 7940. The number of thioether (sulfide) groups is 1. The number of hydrogen-bond acceptors (Lipinski definition) is 9. The standard InChI is InChI=1S/2C3H6O2.3C3H6O.C2H6O.C2H6S.C2H6Se.6C2H6/c2*1-3(4)5-2;3*1-3(2)4;3*1-3-2;6*1-2/h2*1-2H3;3*1-2H3;3*1-2H3;6*1-2H3. The van der Waals surface area contributed by atoms with E-state index in [1.165, 1.54) is 69.6 Å². The maximum absolute atomic E-state index is 9.59. The summed E-state index contributed by atoms with van der Waals surface area (Å²) >= 11 is 2.62. The van der Waals surface area contributed by atoms with Crippen molar-refractivity contribution in [2.24, 2.45) is 0 Å². The Morgan fingerprint density at radius 3 is 0.442 bits per heavy atom. The second-order valence-corrected chi connectivity index (χ2v) is 7.87. The van der Waals surface area contributed by atoms with E-state index in [-0.39, 0.29) is 29.3 Å². The monoisotopic (exact) mass is 721 g/mol. The number of ketones is 3. The molecule has 0 fully saturated rings. The molecule has 0 aromatic heterocycles. The van der Waals surface area contributed by atoms with Crippen molar-refractivity contribution in [1.82, 2.24) is 0 Å². The van der Waals surface area contributed by atoms with Gasteiger partial charge in [-0.3, -0.25) is 9.59 Å². The zero-order valence-corrected chi connectivity index (χ0v) is 37.1. The molecule has 0 heterocycles. The molecule has 0 atom stereocenters. The van der Waals surface area contributed by atoms with Crippen LogP contribution in [0.2, 0.25) is 11.6 Å². The van der Waals surface area contributed by atoms with E-state index in [0.29, 0.717) is 0 Å². The maximum atomic E-state index is 9.59. The quantitative estimate of drug-likeness (QED) is 0.178.